The molecule has 23 heavy (non-hydrogen) atoms. The first-order valence-electron chi connectivity index (χ1n) is 8.15. The lowest BCUT2D eigenvalue weighted by molar-refractivity contribution is 0.0209. The van der Waals surface area contributed by atoms with E-state index in [0.29, 0.717) is 29.9 Å². The molecule has 5 heteroatoms. The number of Topliss-reactive ketones (excluding diaryl/α,β-unsaturated/α-hetero) is 1. The second kappa shape index (κ2) is 9.26. The van der Waals surface area contributed by atoms with E-state index in [1.165, 1.54) is 19.3 Å². The number of piperidine rings is 1. The number of carbonyl (C=O) groups is 1. The van der Waals surface area contributed by atoms with Crippen molar-refractivity contribution in [2.45, 2.75) is 58.2 Å². The number of rotatable bonds is 6. The highest BCUT2D eigenvalue weighted by molar-refractivity contribution is 5.94. The van der Waals surface area contributed by atoms with Gasteiger partial charge in [0.15, 0.2) is 5.78 Å². The van der Waals surface area contributed by atoms with Crippen LogP contribution in [0.1, 0.15) is 50.4 Å². The lowest BCUT2D eigenvalue weighted by Gasteiger charge is -2.40. The monoisotopic (exact) mass is 341 g/mol. The van der Waals surface area contributed by atoms with Crippen LogP contribution in [0.4, 0.5) is 0 Å². The quantitative estimate of drug-likeness (QED) is 0.806. The topological polar surface area (TPSA) is 49.8 Å². The van der Waals surface area contributed by atoms with Crippen molar-refractivity contribution in [3.05, 3.63) is 29.8 Å². The number of carbonyl (C=O) groups excluding carboxylic acids is 1. The fraction of sp³-hybridized carbons (Fsp3) is 0.611. The van der Waals surface area contributed by atoms with Crippen molar-refractivity contribution in [1.82, 2.24) is 4.90 Å². The van der Waals surface area contributed by atoms with Crippen molar-refractivity contribution in [2.75, 3.05) is 13.2 Å². The minimum absolute atomic E-state index is 0. The number of hydrogen-bond donors (Lipinski definition) is 1. The average Bonchev–Trinajstić information content (AvgIpc) is 2.49. The third kappa shape index (κ3) is 5.79. The summed E-state index contributed by atoms with van der Waals surface area (Å²) in [5.41, 5.74) is 0.670. The number of hydrogen-bond acceptors (Lipinski definition) is 4. The van der Waals surface area contributed by atoms with Crippen molar-refractivity contribution < 1.29 is 14.6 Å². The minimum Gasteiger partial charge on any atom is -0.491 e. The van der Waals surface area contributed by atoms with Gasteiger partial charge in [0.1, 0.15) is 18.5 Å². The summed E-state index contributed by atoms with van der Waals surface area (Å²) in [6.45, 7) is 6.91. The Morgan fingerprint density at radius 2 is 1.83 bits per heavy atom. The van der Waals surface area contributed by atoms with Gasteiger partial charge in [0.2, 0.25) is 0 Å². The lowest BCUT2D eigenvalue weighted by Crippen LogP contribution is -2.48. The van der Waals surface area contributed by atoms with E-state index in [1.807, 2.05) is 0 Å². The molecule has 1 aromatic carbocycles. The third-order valence-electron chi connectivity index (χ3n) is 4.50. The predicted molar refractivity (Wildman–Crippen MR) is 94.7 cm³/mol. The molecule has 1 fully saturated rings. The summed E-state index contributed by atoms with van der Waals surface area (Å²) < 4.78 is 5.63. The van der Waals surface area contributed by atoms with E-state index in [1.54, 1.807) is 31.2 Å². The van der Waals surface area contributed by atoms with Gasteiger partial charge in [0.05, 0.1) is 0 Å². The number of β-amino-alcohol motifs (C(OH)–C–C–N with tert-alkyl or cyclic N) is 1. The molecule has 0 saturated carbocycles. The van der Waals surface area contributed by atoms with Crippen molar-refractivity contribution >= 4 is 18.2 Å². The first-order valence-corrected chi connectivity index (χ1v) is 8.15. The van der Waals surface area contributed by atoms with Crippen molar-refractivity contribution in [2.24, 2.45) is 0 Å². The molecule has 0 aliphatic carbocycles. The van der Waals surface area contributed by atoms with E-state index in [2.05, 4.69) is 18.7 Å². The number of ether oxygens (including phenoxy) is 1. The van der Waals surface area contributed by atoms with Crippen LogP contribution in [0.15, 0.2) is 24.3 Å². The Hall–Kier alpha value is -1.10. The van der Waals surface area contributed by atoms with Crippen LogP contribution in [-0.4, -0.2) is 47.1 Å². The van der Waals surface area contributed by atoms with Crippen molar-refractivity contribution in [3.63, 3.8) is 0 Å². The van der Waals surface area contributed by atoms with Crippen LogP contribution in [-0.2, 0) is 0 Å². The molecule has 130 valence electrons. The van der Waals surface area contributed by atoms with Crippen LogP contribution in [0.25, 0.3) is 0 Å². The molecule has 0 aromatic heterocycles. The van der Waals surface area contributed by atoms with Gasteiger partial charge in [-0.1, -0.05) is 6.42 Å². The maximum atomic E-state index is 11.2. The molecule has 1 aromatic rings. The van der Waals surface area contributed by atoms with Gasteiger partial charge in [0, 0.05) is 24.2 Å². The molecule has 0 amide bonds. The Labute approximate surface area is 145 Å². The molecular weight excluding hydrogens is 314 g/mol. The Morgan fingerprint density at radius 3 is 2.35 bits per heavy atom. The Balaban J connectivity index is 0.00000264. The SMILES string of the molecule is CC(=O)c1ccc(OCC(O)CN2C(C)CCCC2C)cc1.Cl. The van der Waals surface area contributed by atoms with Crippen LogP contribution >= 0.6 is 12.4 Å². The molecule has 1 aliphatic heterocycles. The first-order chi connectivity index (χ1) is 10.5. The van der Waals surface area contributed by atoms with Gasteiger partial charge in [-0.2, -0.15) is 0 Å². The molecule has 0 radical (unpaired) electrons. The number of benzene rings is 1. The van der Waals surface area contributed by atoms with Crippen LogP contribution < -0.4 is 4.74 Å². The summed E-state index contributed by atoms with van der Waals surface area (Å²) in [7, 11) is 0. The largest absolute Gasteiger partial charge is 0.491 e. The van der Waals surface area contributed by atoms with Crippen LogP contribution in [0.5, 0.6) is 5.75 Å². The molecule has 2 rings (SSSR count). The van der Waals surface area contributed by atoms with Crippen molar-refractivity contribution in [1.29, 1.82) is 0 Å². The highest BCUT2D eigenvalue weighted by Crippen LogP contribution is 2.22. The second-order valence-electron chi connectivity index (χ2n) is 6.37. The average molecular weight is 342 g/mol. The maximum absolute atomic E-state index is 11.2. The normalized spacial score (nSPS) is 23.0. The van der Waals surface area contributed by atoms with E-state index in [9.17, 15) is 9.90 Å². The predicted octanol–water partition coefficient (Wildman–Crippen LogP) is 3.31. The number of likely N-dealkylation sites (tertiary alicyclic amines) is 1. The van der Waals surface area contributed by atoms with E-state index in [-0.39, 0.29) is 24.8 Å². The number of aliphatic hydroxyl groups is 1. The van der Waals surface area contributed by atoms with Gasteiger partial charge in [-0.3, -0.25) is 9.69 Å². The van der Waals surface area contributed by atoms with Gasteiger partial charge in [0.25, 0.3) is 0 Å². The van der Waals surface area contributed by atoms with E-state index < -0.39 is 6.10 Å². The van der Waals surface area contributed by atoms with Gasteiger partial charge >= 0.3 is 0 Å². The summed E-state index contributed by atoms with van der Waals surface area (Å²) in [4.78, 5) is 13.6. The summed E-state index contributed by atoms with van der Waals surface area (Å²) in [5, 5.41) is 10.2. The van der Waals surface area contributed by atoms with Crippen LogP contribution in [0, 0.1) is 0 Å². The Morgan fingerprint density at radius 1 is 1.26 bits per heavy atom. The zero-order valence-electron chi connectivity index (χ0n) is 14.2. The standard InChI is InChI=1S/C18H27NO3.ClH/c1-13-5-4-6-14(2)19(13)11-17(21)12-22-18-9-7-16(8-10-18)15(3)20;/h7-10,13-14,17,21H,4-6,11-12H2,1-3H3;1H. The van der Waals surface area contributed by atoms with Crippen LogP contribution in [0.3, 0.4) is 0 Å². The zero-order valence-corrected chi connectivity index (χ0v) is 15.0. The third-order valence-corrected chi connectivity index (χ3v) is 4.50. The molecule has 3 atom stereocenters. The van der Waals surface area contributed by atoms with Crippen molar-refractivity contribution in [3.8, 4) is 5.75 Å². The second-order valence-corrected chi connectivity index (χ2v) is 6.37. The van der Waals surface area contributed by atoms with E-state index in [4.69, 9.17) is 4.74 Å². The van der Waals surface area contributed by atoms with Gasteiger partial charge in [-0.15, -0.1) is 12.4 Å². The van der Waals surface area contributed by atoms with Crippen LogP contribution in [0.2, 0.25) is 0 Å². The fourth-order valence-electron chi connectivity index (χ4n) is 3.11. The minimum atomic E-state index is -0.504. The molecule has 0 bridgehead atoms. The first kappa shape index (κ1) is 19.9. The summed E-state index contributed by atoms with van der Waals surface area (Å²) in [5.74, 6) is 0.725. The molecule has 1 N–H and O–H groups in total. The molecule has 0 spiro atoms. The lowest BCUT2D eigenvalue weighted by atomic mass is 9.97. The molecule has 1 aliphatic rings. The molecule has 1 heterocycles. The summed E-state index contributed by atoms with van der Waals surface area (Å²) in [6.07, 6.45) is 3.17. The van der Waals surface area contributed by atoms with Gasteiger partial charge < -0.3 is 9.84 Å². The fourth-order valence-corrected chi connectivity index (χ4v) is 3.11. The van der Waals surface area contributed by atoms with E-state index >= 15 is 0 Å². The summed E-state index contributed by atoms with van der Waals surface area (Å²) >= 11 is 0. The number of aliphatic hydroxyl groups excluding tert-OH is 1. The molecular formula is C18H28ClNO3. The summed E-state index contributed by atoms with van der Waals surface area (Å²) in [6, 6.07) is 8.09. The smallest absolute Gasteiger partial charge is 0.159 e. The Kier molecular flexibility index (Phi) is 8.03. The van der Waals surface area contributed by atoms with E-state index in [0.717, 1.165) is 0 Å². The maximum Gasteiger partial charge on any atom is 0.159 e. The number of halogens is 1. The highest BCUT2D eigenvalue weighted by atomic mass is 35.5. The zero-order chi connectivity index (χ0) is 16.1. The van der Waals surface area contributed by atoms with Gasteiger partial charge in [-0.25, -0.2) is 0 Å². The highest BCUT2D eigenvalue weighted by Gasteiger charge is 2.26. The number of nitrogens with zero attached hydrogens (tertiary/aromatic N) is 1. The Bertz CT molecular complexity index is 482. The molecule has 3 unspecified atom stereocenters. The number of ketones is 1. The molecule has 4 nitrogen and oxygen atoms in total. The molecule has 1 saturated heterocycles. The van der Waals surface area contributed by atoms with Gasteiger partial charge in [-0.05, 0) is 57.9 Å².